The quantitative estimate of drug-likeness (QED) is 0.208. The van der Waals surface area contributed by atoms with Crippen LogP contribution in [0.1, 0.15) is 63.4 Å². The molecule has 1 fully saturated rings. The number of amides is 1. The number of nitrogens with zero attached hydrogens (tertiary/aromatic N) is 3. The monoisotopic (exact) mass is 579 g/mol. The van der Waals surface area contributed by atoms with Crippen LogP contribution in [0.25, 0.3) is 0 Å². The van der Waals surface area contributed by atoms with Gasteiger partial charge < -0.3 is 14.4 Å². The molecule has 1 amide bonds. The molecule has 0 aliphatic heterocycles. The minimum atomic E-state index is -4.59. The largest absolute Gasteiger partial charge is 0.495 e. The number of benzene rings is 1. The second kappa shape index (κ2) is 11.9. The summed E-state index contributed by atoms with van der Waals surface area (Å²) in [4.78, 5) is 37.2. The molecule has 0 unspecified atom stereocenters. The number of carbonyl (C=O) groups is 2. The van der Waals surface area contributed by atoms with E-state index in [2.05, 4.69) is 9.97 Å². The third-order valence-electron chi connectivity index (χ3n) is 6.79. The summed E-state index contributed by atoms with van der Waals surface area (Å²) in [5.74, 6) is -0.944. The first-order chi connectivity index (χ1) is 19.0. The minimum Gasteiger partial charge on any atom is -0.495 e. The van der Waals surface area contributed by atoms with E-state index in [0.29, 0.717) is 40.2 Å². The first kappa shape index (κ1) is 29.4. The standard InChI is InChI=1S/C28H29F4N3O4S/c1-4-39-25(36)24-17(2)40-23(34-24)16-35(13-5-6-18-14-19(28(30,31)32)7-9-21(18)29)26(37)27(11-12-27)22-10-8-20(38-3)15-33-22/h7-10,14-15H,4-6,11-13,16H2,1-3H3. The number of halogens is 4. The van der Waals surface area contributed by atoms with Crippen molar-refractivity contribution < 1.29 is 36.6 Å². The summed E-state index contributed by atoms with van der Waals surface area (Å²) in [7, 11) is 1.52. The summed E-state index contributed by atoms with van der Waals surface area (Å²) in [6.45, 7) is 3.84. The molecule has 4 rings (SSSR count). The van der Waals surface area contributed by atoms with Gasteiger partial charge in [-0.3, -0.25) is 9.78 Å². The lowest BCUT2D eigenvalue weighted by molar-refractivity contribution is -0.137. The molecule has 12 heteroatoms. The molecule has 2 aromatic heterocycles. The number of aromatic nitrogens is 2. The van der Waals surface area contributed by atoms with E-state index in [4.69, 9.17) is 9.47 Å². The van der Waals surface area contributed by atoms with Gasteiger partial charge in [-0.2, -0.15) is 13.2 Å². The lowest BCUT2D eigenvalue weighted by Gasteiger charge is -2.27. The molecule has 0 N–H and O–H groups in total. The van der Waals surface area contributed by atoms with Gasteiger partial charge in [0.1, 0.15) is 16.6 Å². The maximum absolute atomic E-state index is 14.3. The maximum atomic E-state index is 14.3. The van der Waals surface area contributed by atoms with Crippen molar-refractivity contribution in [2.24, 2.45) is 0 Å². The Labute approximate surface area is 233 Å². The van der Waals surface area contributed by atoms with E-state index in [0.717, 1.165) is 12.1 Å². The Morgan fingerprint density at radius 1 is 1.18 bits per heavy atom. The minimum absolute atomic E-state index is 0.00169. The van der Waals surface area contributed by atoms with E-state index in [1.807, 2.05) is 0 Å². The zero-order chi connectivity index (χ0) is 29.1. The highest BCUT2D eigenvalue weighted by Gasteiger charge is 2.54. The van der Waals surface area contributed by atoms with Gasteiger partial charge in [0.25, 0.3) is 0 Å². The molecule has 2 heterocycles. The molecule has 3 aromatic rings. The zero-order valence-corrected chi connectivity index (χ0v) is 23.1. The van der Waals surface area contributed by atoms with Crippen LogP contribution >= 0.6 is 11.3 Å². The molecule has 7 nitrogen and oxygen atoms in total. The number of pyridine rings is 1. The predicted octanol–water partition coefficient (Wildman–Crippen LogP) is 5.88. The Morgan fingerprint density at radius 3 is 2.52 bits per heavy atom. The smallest absolute Gasteiger partial charge is 0.416 e. The van der Waals surface area contributed by atoms with Crippen molar-refractivity contribution in [3.63, 3.8) is 0 Å². The molecule has 40 heavy (non-hydrogen) atoms. The highest BCUT2D eigenvalue weighted by atomic mass is 32.1. The number of methoxy groups -OCH3 is 1. The van der Waals surface area contributed by atoms with Gasteiger partial charge in [-0.25, -0.2) is 14.2 Å². The van der Waals surface area contributed by atoms with E-state index in [-0.39, 0.29) is 49.7 Å². The van der Waals surface area contributed by atoms with Crippen LogP contribution in [0.5, 0.6) is 5.75 Å². The van der Waals surface area contributed by atoms with Crippen LogP contribution in [-0.2, 0) is 34.1 Å². The third kappa shape index (κ3) is 6.43. The number of esters is 1. The SMILES string of the molecule is CCOC(=O)c1nc(CN(CCCc2cc(C(F)(F)F)ccc2F)C(=O)C2(c3ccc(OC)cn3)CC2)sc1C. The number of rotatable bonds is 11. The van der Waals surface area contributed by atoms with Crippen molar-refractivity contribution in [2.45, 2.75) is 57.7 Å². The first-order valence-corrected chi connectivity index (χ1v) is 13.6. The zero-order valence-electron chi connectivity index (χ0n) is 22.3. The molecule has 0 bridgehead atoms. The van der Waals surface area contributed by atoms with Crippen LogP contribution < -0.4 is 4.74 Å². The van der Waals surface area contributed by atoms with Crippen LogP contribution in [-0.4, -0.2) is 47.0 Å². The molecular formula is C28H29F4N3O4S. The molecule has 1 saturated carbocycles. The molecule has 1 aromatic carbocycles. The molecule has 0 atom stereocenters. The Balaban J connectivity index is 1.57. The maximum Gasteiger partial charge on any atom is 0.416 e. The lowest BCUT2D eigenvalue weighted by atomic mass is 9.99. The number of ether oxygens (including phenoxy) is 2. The second-order valence-electron chi connectivity index (χ2n) is 9.53. The van der Waals surface area contributed by atoms with Crippen LogP contribution in [0.3, 0.4) is 0 Å². The summed E-state index contributed by atoms with van der Waals surface area (Å²) in [5, 5.41) is 0.512. The van der Waals surface area contributed by atoms with Crippen LogP contribution in [0.15, 0.2) is 36.5 Å². The number of alkyl halides is 3. The van der Waals surface area contributed by atoms with Gasteiger partial charge in [0.15, 0.2) is 5.69 Å². The summed E-state index contributed by atoms with van der Waals surface area (Å²) >= 11 is 1.26. The van der Waals surface area contributed by atoms with Gasteiger partial charge in [0.2, 0.25) is 5.91 Å². The van der Waals surface area contributed by atoms with Gasteiger partial charge in [-0.1, -0.05) is 0 Å². The molecule has 0 radical (unpaired) electrons. The van der Waals surface area contributed by atoms with Gasteiger partial charge >= 0.3 is 12.1 Å². The Morgan fingerprint density at radius 2 is 1.93 bits per heavy atom. The van der Waals surface area contributed by atoms with Crippen LogP contribution in [0.4, 0.5) is 17.6 Å². The fourth-order valence-electron chi connectivity index (χ4n) is 4.52. The van der Waals surface area contributed by atoms with E-state index in [1.165, 1.54) is 18.4 Å². The van der Waals surface area contributed by atoms with Crippen molar-refractivity contribution in [2.75, 3.05) is 20.3 Å². The Hall–Kier alpha value is -3.54. The van der Waals surface area contributed by atoms with Gasteiger partial charge in [-0.05, 0) is 75.4 Å². The normalized spacial score (nSPS) is 14.1. The molecule has 214 valence electrons. The van der Waals surface area contributed by atoms with E-state index in [9.17, 15) is 27.2 Å². The number of carbonyl (C=O) groups excluding carboxylic acids is 2. The van der Waals surface area contributed by atoms with Crippen molar-refractivity contribution in [1.82, 2.24) is 14.9 Å². The fraction of sp³-hybridized carbons (Fsp3) is 0.429. The average Bonchev–Trinajstić information content (AvgIpc) is 3.65. The Bertz CT molecular complexity index is 1370. The highest BCUT2D eigenvalue weighted by Crippen LogP contribution is 2.49. The summed E-state index contributed by atoms with van der Waals surface area (Å²) < 4.78 is 64.0. The predicted molar refractivity (Wildman–Crippen MR) is 140 cm³/mol. The topological polar surface area (TPSA) is 81.6 Å². The molecule has 0 saturated heterocycles. The van der Waals surface area contributed by atoms with Gasteiger partial charge in [0.05, 0.1) is 43.1 Å². The fourth-order valence-corrected chi connectivity index (χ4v) is 5.45. The second-order valence-corrected chi connectivity index (χ2v) is 10.8. The van der Waals surface area contributed by atoms with Crippen LogP contribution in [0, 0.1) is 12.7 Å². The average molecular weight is 580 g/mol. The number of hydrogen-bond acceptors (Lipinski definition) is 7. The third-order valence-corrected chi connectivity index (χ3v) is 7.75. The number of aryl methyl sites for hydroxylation is 2. The van der Waals surface area contributed by atoms with Gasteiger partial charge in [0, 0.05) is 11.4 Å². The summed E-state index contributed by atoms with van der Waals surface area (Å²) in [5.41, 5.74) is -1.07. The lowest BCUT2D eigenvalue weighted by Crippen LogP contribution is -2.40. The molecule has 1 aliphatic rings. The van der Waals surface area contributed by atoms with E-state index < -0.39 is 28.9 Å². The van der Waals surface area contributed by atoms with Gasteiger partial charge in [-0.15, -0.1) is 11.3 Å². The number of thiazole rings is 1. The van der Waals surface area contributed by atoms with Crippen LogP contribution in [0.2, 0.25) is 0 Å². The van der Waals surface area contributed by atoms with Crippen molar-refractivity contribution >= 4 is 23.2 Å². The summed E-state index contributed by atoms with van der Waals surface area (Å²) in [6.07, 6.45) is -1.68. The Kier molecular flexibility index (Phi) is 8.77. The highest BCUT2D eigenvalue weighted by molar-refractivity contribution is 7.11. The first-order valence-electron chi connectivity index (χ1n) is 12.8. The summed E-state index contributed by atoms with van der Waals surface area (Å²) in [6, 6.07) is 5.80. The van der Waals surface area contributed by atoms with Crippen molar-refractivity contribution in [3.8, 4) is 5.75 Å². The molecule has 1 aliphatic carbocycles. The molecule has 0 spiro atoms. The van der Waals surface area contributed by atoms with E-state index in [1.54, 1.807) is 37.1 Å². The molecular weight excluding hydrogens is 550 g/mol. The van der Waals surface area contributed by atoms with E-state index >= 15 is 0 Å². The van der Waals surface area contributed by atoms with Crippen molar-refractivity contribution in [1.29, 1.82) is 0 Å². The number of hydrogen-bond donors (Lipinski definition) is 0. The van der Waals surface area contributed by atoms with Crippen molar-refractivity contribution in [3.05, 3.63) is 74.7 Å².